The first-order chi connectivity index (χ1) is 32.6. The highest BCUT2D eigenvalue weighted by Crippen LogP contribution is 2.54. The van der Waals surface area contributed by atoms with Crippen molar-refractivity contribution in [1.82, 2.24) is 4.98 Å². The molecule has 1 N–H and O–H groups in total. The van der Waals surface area contributed by atoms with Gasteiger partial charge in [0, 0.05) is 55.5 Å². The van der Waals surface area contributed by atoms with Gasteiger partial charge in [0.2, 0.25) is 0 Å². The third kappa shape index (κ3) is 7.01. The number of thiophene rings is 1. The van der Waals surface area contributed by atoms with Crippen molar-refractivity contribution in [2.75, 3.05) is 14.7 Å². The number of aromatic nitrogens is 1. The number of aromatic amines is 1. The molecule has 0 spiro atoms. The zero-order chi connectivity index (χ0) is 44.0. The highest BCUT2D eigenvalue weighted by molar-refractivity contribution is 7.19. The van der Waals surface area contributed by atoms with Gasteiger partial charge in [-0.3, -0.25) is 4.90 Å². The number of fused-ring (bicyclic) bond motifs is 2. The molecular weight excluding hydrogens is 828 g/mol. The van der Waals surface area contributed by atoms with Gasteiger partial charge >= 0.3 is 0 Å². The van der Waals surface area contributed by atoms with Gasteiger partial charge in [0.1, 0.15) is 16.6 Å². The minimum atomic E-state index is -0.266. The predicted molar refractivity (Wildman–Crippen MR) is 275 cm³/mol. The van der Waals surface area contributed by atoms with Gasteiger partial charge in [0.25, 0.3) is 0 Å². The number of halogens is 1. The number of hydrogen-bond acceptors (Lipinski definition) is 4. The summed E-state index contributed by atoms with van der Waals surface area (Å²) in [6.07, 6.45) is 0. The average molecular weight is 869 g/mol. The highest BCUT2D eigenvalue weighted by atomic mass is 32.1. The summed E-state index contributed by atoms with van der Waals surface area (Å²) in [5.74, 6) is 0.616. The van der Waals surface area contributed by atoms with Crippen LogP contribution in [0.15, 0.2) is 243 Å². The summed E-state index contributed by atoms with van der Waals surface area (Å²) in [5.41, 5.74) is 15.4. The zero-order valence-corrected chi connectivity index (χ0v) is 36.5. The lowest BCUT2D eigenvalue weighted by Gasteiger charge is -2.34. The number of para-hydroxylation sites is 3. The Morgan fingerprint density at radius 2 is 0.985 bits per heavy atom. The summed E-state index contributed by atoms with van der Waals surface area (Å²) in [7, 11) is 0. The number of rotatable bonds is 10. The topological polar surface area (TPSA) is 25.5 Å². The monoisotopic (exact) mass is 868 g/mol. The molecule has 11 aromatic rings. The maximum absolute atomic E-state index is 14.1. The smallest absolute Gasteiger partial charge is 0.123 e. The molecule has 12 rings (SSSR count). The van der Waals surface area contributed by atoms with E-state index in [1.54, 1.807) is 0 Å². The van der Waals surface area contributed by atoms with E-state index in [1.807, 2.05) is 41.7 Å². The van der Waals surface area contributed by atoms with Crippen LogP contribution in [0.1, 0.15) is 0 Å². The minimum absolute atomic E-state index is 0.266. The van der Waals surface area contributed by atoms with Crippen molar-refractivity contribution in [1.29, 1.82) is 0 Å². The van der Waals surface area contributed by atoms with Crippen LogP contribution in [0.25, 0.3) is 54.7 Å². The molecule has 6 heteroatoms. The van der Waals surface area contributed by atoms with E-state index in [2.05, 4.69) is 220 Å². The molecule has 2 aromatic heterocycles. The van der Waals surface area contributed by atoms with Crippen molar-refractivity contribution < 1.29 is 4.39 Å². The fourth-order valence-corrected chi connectivity index (χ4v) is 10.5. The molecule has 0 amide bonds. The molecule has 0 saturated carbocycles. The Balaban J connectivity index is 0.945. The quantitative estimate of drug-likeness (QED) is 0.148. The van der Waals surface area contributed by atoms with Gasteiger partial charge < -0.3 is 14.8 Å². The van der Waals surface area contributed by atoms with Crippen LogP contribution < -0.4 is 14.7 Å². The molecule has 1 aliphatic heterocycles. The van der Waals surface area contributed by atoms with Crippen LogP contribution in [-0.4, -0.2) is 4.98 Å². The second kappa shape index (κ2) is 16.6. The fraction of sp³-hybridized carbons (Fsp3) is 0. The summed E-state index contributed by atoms with van der Waals surface area (Å²) < 4.78 is 14.1. The molecule has 0 atom stereocenters. The fourth-order valence-electron chi connectivity index (χ4n) is 9.39. The molecule has 0 aliphatic carbocycles. The van der Waals surface area contributed by atoms with E-state index in [9.17, 15) is 4.39 Å². The number of nitrogens with one attached hydrogen (secondary N) is 1. The molecule has 66 heavy (non-hydrogen) atoms. The number of nitrogens with zero attached hydrogens (tertiary/aromatic N) is 3. The van der Waals surface area contributed by atoms with E-state index < -0.39 is 0 Å². The van der Waals surface area contributed by atoms with Crippen LogP contribution in [0.4, 0.5) is 55.0 Å². The van der Waals surface area contributed by atoms with Crippen LogP contribution in [-0.2, 0) is 0 Å². The normalized spacial score (nSPS) is 11.7. The number of benzene rings is 9. The summed E-state index contributed by atoms with van der Waals surface area (Å²) in [4.78, 5) is 11.8. The van der Waals surface area contributed by atoms with Gasteiger partial charge in [0.05, 0.1) is 11.4 Å². The molecule has 1 aliphatic rings. The second-order valence-corrected chi connectivity index (χ2v) is 17.5. The standard InChI is InChI=1S/C60H41FN4S/c61-44-27-31-48(32-28-44)63(45-16-7-2-8-17-45)58-38-36-54(62-58)43-26-33-50-53-35-34-51(52-22-13-23-55(60(52)53)65(56(50)40-43)47-20-11-4-12-21-47)57-37-39-59(66-57)64(46-18-9-3-10-19-46)49-29-24-42(25-30-49)41-14-5-1-6-15-41/h1-40,62H. The van der Waals surface area contributed by atoms with Crippen molar-refractivity contribution in [3.8, 4) is 44.0 Å². The largest absolute Gasteiger partial charge is 0.341 e. The molecule has 4 nitrogen and oxygen atoms in total. The molecular formula is C60H41FN4S. The Labute approximate surface area is 387 Å². The van der Waals surface area contributed by atoms with Gasteiger partial charge in [0.15, 0.2) is 0 Å². The minimum Gasteiger partial charge on any atom is -0.341 e. The van der Waals surface area contributed by atoms with Crippen molar-refractivity contribution >= 4 is 72.7 Å². The van der Waals surface area contributed by atoms with E-state index in [4.69, 9.17) is 0 Å². The number of H-pyrrole nitrogens is 1. The van der Waals surface area contributed by atoms with E-state index in [0.29, 0.717) is 0 Å². The molecule has 9 aromatic carbocycles. The lowest BCUT2D eigenvalue weighted by atomic mass is 9.87. The first-order valence-electron chi connectivity index (χ1n) is 22.1. The molecule has 0 bridgehead atoms. The lowest BCUT2D eigenvalue weighted by molar-refractivity contribution is 0.628. The van der Waals surface area contributed by atoms with Crippen LogP contribution in [0.2, 0.25) is 0 Å². The maximum Gasteiger partial charge on any atom is 0.123 e. The molecule has 314 valence electrons. The van der Waals surface area contributed by atoms with Crippen molar-refractivity contribution in [2.24, 2.45) is 0 Å². The molecule has 0 unspecified atom stereocenters. The Morgan fingerprint density at radius 1 is 0.409 bits per heavy atom. The van der Waals surface area contributed by atoms with Crippen LogP contribution in [0.3, 0.4) is 0 Å². The first kappa shape index (κ1) is 39.2. The molecule has 0 radical (unpaired) electrons. The zero-order valence-electron chi connectivity index (χ0n) is 35.7. The van der Waals surface area contributed by atoms with Crippen LogP contribution >= 0.6 is 11.3 Å². The first-order valence-corrected chi connectivity index (χ1v) is 22.9. The molecule has 3 heterocycles. The van der Waals surface area contributed by atoms with Gasteiger partial charge in [-0.2, -0.15) is 0 Å². The summed E-state index contributed by atoms with van der Waals surface area (Å²) >= 11 is 1.81. The van der Waals surface area contributed by atoms with Crippen molar-refractivity contribution in [2.45, 2.75) is 0 Å². The van der Waals surface area contributed by atoms with Gasteiger partial charge in [-0.25, -0.2) is 4.39 Å². The third-order valence-electron chi connectivity index (χ3n) is 12.4. The van der Waals surface area contributed by atoms with Gasteiger partial charge in [-0.1, -0.05) is 133 Å². The van der Waals surface area contributed by atoms with Crippen molar-refractivity contribution in [3.63, 3.8) is 0 Å². The highest BCUT2D eigenvalue weighted by Gasteiger charge is 2.28. The van der Waals surface area contributed by atoms with E-state index in [-0.39, 0.29) is 5.82 Å². The Bertz CT molecular complexity index is 3480. The second-order valence-electron chi connectivity index (χ2n) is 16.4. The summed E-state index contributed by atoms with van der Waals surface area (Å²) in [6.45, 7) is 0. The van der Waals surface area contributed by atoms with Gasteiger partial charge in [-0.15, -0.1) is 11.3 Å². The summed E-state index contributed by atoms with van der Waals surface area (Å²) in [6, 6.07) is 84.4. The van der Waals surface area contributed by atoms with Crippen LogP contribution in [0, 0.1) is 5.82 Å². The average Bonchev–Trinajstić information content (AvgIpc) is 4.07. The summed E-state index contributed by atoms with van der Waals surface area (Å²) in [5, 5.41) is 3.58. The van der Waals surface area contributed by atoms with Crippen LogP contribution in [0.5, 0.6) is 0 Å². The number of hydrogen-bond donors (Lipinski definition) is 1. The van der Waals surface area contributed by atoms with E-state index in [1.165, 1.54) is 55.6 Å². The Kier molecular flexibility index (Phi) is 9.85. The van der Waals surface area contributed by atoms with Crippen molar-refractivity contribution in [3.05, 3.63) is 248 Å². The van der Waals surface area contributed by atoms with E-state index >= 15 is 0 Å². The Morgan fingerprint density at radius 3 is 1.71 bits per heavy atom. The molecule has 0 fully saturated rings. The SMILES string of the molecule is Fc1ccc(N(c2ccccc2)c2ccc(-c3ccc4c(c3)N(c3ccccc3)c3cccc5c(-c6ccc(N(c7ccccc7)c7ccc(-c8ccccc8)cc7)s6)ccc-4c35)[nH]2)cc1. The van der Waals surface area contributed by atoms with Gasteiger partial charge in [-0.05, 0) is 137 Å². The van der Waals surface area contributed by atoms with E-state index in [0.717, 1.165) is 61.9 Å². The maximum atomic E-state index is 14.1. The lowest BCUT2D eigenvalue weighted by Crippen LogP contribution is -2.15. The predicted octanol–water partition coefficient (Wildman–Crippen LogP) is 17.8. The molecule has 0 saturated heterocycles. The Hall–Kier alpha value is -8.45. The third-order valence-corrected chi connectivity index (χ3v) is 13.6. The number of anilines is 9.